The van der Waals surface area contributed by atoms with Crippen molar-refractivity contribution < 1.29 is 23.9 Å². The lowest BCUT2D eigenvalue weighted by molar-refractivity contribution is -0.205. The van der Waals surface area contributed by atoms with Crippen LogP contribution in [0.25, 0.3) is 0 Å². The van der Waals surface area contributed by atoms with Crippen LogP contribution in [0.3, 0.4) is 0 Å². The molecule has 48 heavy (non-hydrogen) atoms. The summed E-state index contributed by atoms with van der Waals surface area (Å²) in [6.07, 6.45) is 1.65. The number of hydrogen-bond donors (Lipinski definition) is 0. The topological polar surface area (TPSA) is 76.2 Å². The van der Waals surface area contributed by atoms with Gasteiger partial charge < -0.3 is 14.4 Å². The Kier molecular flexibility index (Phi) is 8.97. The third-order valence-corrected chi connectivity index (χ3v) is 9.28. The monoisotopic (exact) mass is 642 g/mol. The molecule has 0 N–H and O–H groups in total. The summed E-state index contributed by atoms with van der Waals surface area (Å²) < 4.78 is 11.9. The number of carbonyl (C=O) groups excluding carboxylic acids is 3. The molecule has 4 atom stereocenters. The fourth-order valence-electron chi connectivity index (χ4n) is 7.33. The summed E-state index contributed by atoms with van der Waals surface area (Å²) >= 11 is 0. The number of nitrogens with zero attached hydrogens (tertiary/aromatic N) is 2. The van der Waals surface area contributed by atoms with Gasteiger partial charge in [-0.05, 0) is 49.4 Å². The van der Waals surface area contributed by atoms with Crippen LogP contribution in [0.15, 0.2) is 134 Å². The van der Waals surface area contributed by atoms with Gasteiger partial charge in [-0.3, -0.25) is 9.69 Å². The number of β-lactam (4-membered cyclic amide) rings is 1. The molecule has 7 heteroatoms. The molecule has 0 radical (unpaired) electrons. The van der Waals surface area contributed by atoms with Gasteiger partial charge >= 0.3 is 12.1 Å². The van der Waals surface area contributed by atoms with Gasteiger partial charge in [0.25, 0.3) is 5.91 Å². The molecule has 6 rings (SSSR count). The molecule has 0 unspecified atom stereocenters. The molecule has 4 aromatic rings. The summed E-state index contributed by atoms with van der Waals surface area (Å²) in [4.78, 5) is 47.7. The Bertz CT molecular complexity index is 1760. The first-order valence-electron chi connectivity index (χ1n) is 16.4. The minimum atomic E-state index is -1.47. The van der Waals surface area contributed by atoms with Crippen molar-refractivity contribution >= 4 is 18.0 Å². The quantitative estimate of drug-likeness (QED) is 0.0955. The van der Waals surface area contributed by atoms with Crippen LogP contribution in [0, 0.1) is 0 Å². The zero-order chi connectivity index (χ0) is 33.9. The zero-order valence-corrected chi connectivity index (χ0v) is 27.8. The Morgan fingerprint density at radius 1 is 0.833 bits per heavy atom. The fraction of sp³-hybridized carbons (Fsp3) is 0.293. The Balaban J connectivity index is 1.61. The van der Waals surface area contributed by atoms with E-state index in [1.54, 1.807) is 15.9 Å². The van der Waals surface area contributed by atoms with Gasteiger partial charge in [0.05, 0.1) is 12.1 Å². The molecular formula is C41H42N2O5. The minimum Gasteiger partial charge on any atom is -0.458 e. The van der Waals surface area contributed by atoms with E-state index in [4.69, 9.17) is 9.47 Å². The first kappa shape index (κ1) is 32.8. The van der Waals surface area contributed by atoms with Crippen molar-refractivity contribution in [1.29, 1.82) is 0 Å². The number of amides is 2. The number of ether oxygens (including phenoxy) is 2. The molecule has 0 bridgehead atoms. The molecule has 0 aliphatic carbocycles. The minimum absolute atomic E-state index is 0.0993. The normalized spacial score (nSPS) is 22.0. The molecular weight excluding hydrogens is 600 g/mol. The molecule has 2 heterocycles. The Hall–Kier alpha value is -5.17. The first-order chi connectivity index (χ1) is 23.1. The van der Waals surface area contributed by atoms with E-state index in [1.165, 1.54) is 0 Å². The van der Waals surface area contributed by atoms with E-state index >= 15 is 4.79 Å². The smallest absolute Gasteiger partial charge is 0.411 e. The molecule has 2 aliphatic rings. The van der Waals surface area contributed by atoms with E-state index in [0.717, 1.165) is 22.3 Å². The second-order valence-corrected chi connectivity index (χ2v) is 13.6. The van der Waals surface area contributed by atoms with Crippen LogP contribution in [0.1, 0.15) is 61.5 Å². The summed E-state index contributed by atoms with van der Waals surface area (Å²) in [5, 5.41) is 0. The number of cyclic esters (lactones) is 1. The average Bonchev–Trinajstić information content (AvgIpc) is 3.47. The average molecular weight is 643 g/mol. The summed E-state index contributed by atoms with van der Waals surface area (Å²) in [6.45, 7) is 9.61. The highest BCUT2D eigenvalue weighted by atomic mass is 16.6. The van der Waals surface area contributed by atoms with Gasteiger partial charge in [-0.2, -0.15) is 0 Å². The highest BCUT2D eigenvalue weighted by molar-refractivity contribution is 6.02. The standard InChI is InChI=1S/C41H42N2O5/c1-5-26-40(37(45)48-39(2,3)4,27-30-18-10-6-11-19-30)43-35(33-24-16-9-17-25-33)41(36(43)44,28-31-20-12-7-13-21-31)42-34(29-47-38(42)46)32-22-14-8-15-23-32/h5-25,34-35H,1,26-29H2,2-4H3/t34-,35-,40-,41-/m1/s1. The van der Waals surface area contributed by atoms with E-state index in [0.29, 0.717) is 0 Å². The molecule has 2 saturated heterocycles. The summed E-state index contributed by atoms with van der Waals surface area (Å²) in [7, 11) is 0. The van der Waals surface area contributed by atoms with Crippen LogP contribution >= 0.6 is 0 Å². The number of esters is 1. The van der Waals surface area contributed by atoms with Crippen molar-refractivity contribution in [3.8, 4) is 0 Å². The number of rotatable bonds is 11. The predicted molar refractivity (Wildman–Crippen MR) is 185 cm³/mol. The predicted octanol–water partition coefficient (Wildman–Crippen LogP) is 7.64. The third-order valence-electron chi connectivity index (χ3n) is 9.28. The van der Waals surface area contributed by atoms with E-state index in [2.05, 4.69) is 6.58 Å². The maximum Gasteiger partial charge on any atom is 0.411 e. The molecule has 2 fully saturated rings. The van der Waals surface area contributed by atoms with Gasteiger partial charge in [-0.1, -0.05) is 127 Å². The van der Waals surface area contributed by atoms with Crippen molar-refractivity contribution in [2.45, 2.75) is 68.8 Å². The number of hydrogen-bond acceptors (Lipinski definition) is 5. The van der Waals surface area contributed by atoms with Gasteiger partial charge in [-0.15, -0.1) is 6.58 Å². The van der Waals surface area contributed by atoms with Crippen LogP contribution < -0.4 is 0 Å². The first-order valence-corrected chi connectivity index (χ1v) is 16.4. The van der Waals surface area contributed by atoms with Crippen LogP contribution in [0.2, 0.25) is 0 Å². The third kappa shape index (κ3) is 5.89. The lowest BCUT2D eigenvalue weighted by atomic mass is 9.65. The van der Waals surface area contributed by atoms with Gasteiger partial charge in [-0.25, -0.2) is 9.59 Å². The van der Waals surface area contributed by atoms with E-state index in [1.807, 2.05) is 142 Å². The molecule has 2 aliphatic heterocycles. The van der Waals surface area contributed by atoms with Gasteiger partial charge in [0, 0.05) is 12.8 Å². The molecule has 0 aromatic heterocycles. The second-order valence-electron chi connectivity index (χ2n) is 13.6. The fourth-order valence-corrected chi connectivity index (χ4v) is 7.33. The summed E-state index contributed by atoms with van der Waals surface area (Å²) in [5.41, 5.74) is -0.315. The number of benzene rings is 4. The highest BCUT2D eigenvalue weighted by Crippen LogP contribution is 2.57. The van der Waals surface area contributed by atoms with Crippen LogP contribution in [-0.4, -0.2) is 51.1 Å². The molecule has 0 spiro atoms. The molecule has 4 aromatic carbocycles. The lowest BCUT2D eigenvalue weighted by Crippen LogP contribution is -2.82. The van der Waals surface area contributed by atoms with Gasteiger partial charge in [0.2, 0.25) is 0 Å². The lowest BCUT2D eigenvalue weighted by Gasteiger charge is -2.64. The van der Waals surface area contributed by atoms with Crippen LogP contribution in [-0.2, 0) is 31.9 Å². The van der Waals surface area contributed by atoms with Crippen molar-refractivity contribution in [1.82, 2.24) is 9.80 Å². The molecule has 2 amide bonds. The van der Waals surface area contributed by atoms with E-state index < -0.39 is 40.8 Å². The summed E-state index contributed by atoms with van der Waals surface area (Å²) in [5.74, 6) is -0.867. The molecule has 7 nitrogen and oxygen atoms in total. The van der Waals surface area contributed by atoms with Gasteiger partial charge in [0.15, 0.2) is 5.54 Å². The van der Waals surface area contributed by atoms with Crippen molar-refractivity contribution in [2.75, 3.05) is 6.61 Å². The maximum absolute atomic E-state index is 15.6. The largest absolute Gasteiger partial charge is 0.458 e. The van der Waals surface area contributed by atoms with E-state index in [-0.39, 0.29) is 31.8 Å². The van der Waals surface area contributed by atoms with Crippen molar-refractivity contribution in [2.24, 2.45) is 0 Å². The maximum atomic E-state index is 15.6. The van der Waals surface area contributed by atoms with Crippen LogP contribution in [0.5, 0.6) is 0 Å². The highest BCUT2D eigenvalue weighted by Gasteiger charge is 2.73. The Morgan fingerprint density at radius 2 is 1.35 bits per heavy atom. The van der Waals surface area contributed by atoms with Crippen LogP contribution in [0.4, 0.5) is 4.79 Å². The van der Waals surface area contributed by atoms with Crippen molar-refractivity contribution in [3.05, 3.63) is 156 Å². The number of likely N-dealkylation sites (tertiary alicyclic amines) is 1. The second kappa shape index (κ2) is 13.1. The number of carbonyl (C=O) groups is 3. The van der Waals surface area contributed by atoms with Gasteiger partial charge in [0.1, 0.15) is 17.7 Å². The molecule has 0 saturated carbocycles. The Morgan fingerprint density at radius 3 is 1.90 bits per heavy atom. The summed E-state index contributed by atoms with van der Waals surface area (Å²) in [6, 6.07) is 37.4. The van der Waals surface area contributed by atoms with E-state index in [9.17, 15) is 9.59 Å². The zero-order valence-electron chi connectivity index (χ0n) is 27.8. The SMILES string of the molecule is C=CC[C@@](Cc1ccccc1)(C(=O)OC(C)(C)C)N1C(=O)[C@](Cc2ccccc2)(N2C(=O)OC[C@@H]2c2ccccc2)[C@H]1c1ccccc1. The molecule has 246 valence electrons. The van der Waals surface area contributed by atoms with Crippen molar-refractivity contribution in [3.63, 3.8) is 0 Å². The Labute approximate surface area is 282 Å².